The van der Waals surface area contributed by atoms with Crippen molar-refractivity contribution < 1.29 is 4.79 Å². The maximum absolute atomic E-state index is 12.3. The predicted molar refractivity (Wildman–Crippen MR) is 82.4 cm³/mol. The van der Waals surface area contributed by atoms with Crippen molar-refractivity contribution in [1.29, 1.82) is 0 Å². The van der Waals surface area contributed by atoms with E-state index >= 15 is 0 Å². The van der Waals surface area contributed by atoms with Crippen LogP contribution in [-0.4, -0.2) is 30.4 Å². The highest BCUT2D eigenvalue weighted by Crippen LogP contribution is 2.27. The molecule has 3 nitrogen and oxygen atoms in total. The molecular weight excluding hydrogens is 248 g/mol. The molecule has 0 aliphatic heterocycles. The summed E-state index contributed by atoms with van der Waals surface area (Å²) in [6.07, 6.45) is 3.96. The van der Waals surface area contributed by atoms with Gasteiger partial charge in [0.1, 0.15) is 0 Å². The first-order valence-electron chi connectivity index (χ1n) is 7.62. The van der Waals surface area contributed by atoms with Crippen molar-refractivity contribution in [3.63, 3.8) is 0 Å². The van der Waals surface area contributed by atoms with Gasteiger partial charge in [0, 0.05) is 26.1 Å². The van der Waals surface area contributed by atoms with E-state index in [1.165, 1.54) is 12.0 Å². The van der Waals surface area contributed by atoms with E-state index < -0.39 is 0 Å². The molecule has 1 saturated carbocycles. The standard InChI is InChI=1S/C17H26N2O/c1-13(14-7-4-3-5-8-14)12-19(2)17(20)11-15-9-6-10-16(15)18/h3-5,7-8,13,15-16H,6,9-12,18H2,1-2H3/t13?,15-,16+/m0/s1. The monoisotopic (exact) mass is 274 g/mol. The lowest BCUT2D eigenvalue weighted by Crippen LogP contribution is -2.34. The van der Waals surface area contributed by atoms with Gasteiger partial charge in [-0.1, -0.05) is 43.7 Å². The fraction of sp³-hybridized carbons (Fsp3) is 0.588. The van der Waals surface area contributed by atoms with Gasteiger partial charge in [-0.3, -0.25) is 4.79 Å². The molecule has 1 aromatic carbocycles. The van der Waals surface area contributed by atoms with E-state index in [1.54, 1.807) is 0 Å². The SMILES string of the molecule is CC(CN(C)C(=O)C[C@@H]1CCC[C@H]1N)c1ccccc1. The van der Waals surface area contributed by atoms with E-state index in [1.807, 2.05) is 30.1 Å². The zero-order valence-corrected chi connectivity index (χ0v) is 12.6. The lowest BCUT2D eigenvalue weighted by Gasteiger charge is -2.24. The normalized spacial score (nSPS) is 23.6. The highest BCUT2D eigenvalue weighted by Gasteiger charge is 2.27. The maximum Gasteiger partial charge on any atom is 0.222 e. The van der Waals surface area contributed by atoms with Crippen LogP contribution in [0.1, 0.15) is 44.1 Å². The van der Waals surface area contributed by atoms with E-state index in [-0.39, 0.29) is 11.9 Å². The van der Waals surface area contributed by atoms with Crippen molar-refractivity contribution in [3.05, 3.63) is 35.9 Å². The smallest absolute Gasteiger partial charge is 0.222 e. The molecule has 0 aromatic heterocycles. The number of nitrogens with zero attached hydrogens (tertiary/aromatic N) is 1. The highest BCUT2D eigenvalue weighted by molar-refractivity contribution is 5.76. The Labute approximate surface area is 122 Å². The van der Waals surface area contributed by atoms with Crippen LogP contribution in [0.25, 0.3) is 0 Å². The molecule has 1 aliphatic carbocycles. The quantitative estimate of drug-likeness (QED) is 0.897. The third-order valence-electron chi connectivity index (χ3n) is 4.50. The Kier molecular flexibility index (Phi) is 5.18. The van der Waals surface area contributed by atoms with Gasteiger partial charge < -0.3 is 10.6 Å². The number of likely N-dealkylation sites (N-methyl/N-ethyl adjacent to an activating group) is 1. The van der Waals surface area contributed by atoms with Crippen LogP contribution in [0.2, 0.25) is 0 Å². The second-order valence-electron chi connectivity index (χ2n) is 6.14. The summed E-state index contributed by atoms with van der Waals surface area (Å²) in [6, 6.07) is 10.6. The summed E-state index contributed by atoms with van der Waals surface area (Å²) in [7, 11) is 1.91. The van der Waals surface area contributed by atoms with Crippen LogP contribution in [0.4, 0.5) is 0 Å². The van der Waals surface area contributed by atoms with Crippen molar-refractivity contribution in [2.24, 2.45) is 11.7 Å². The van der Waals surface area contributed by atoms with Gasteiger partial charge in [0.2, 0.25) is 5.91 Å². The van der Waals surface area contributed by atoms with Crippen LogP contribution in [-0.2, 0) is 4.79 Å². The van der Waals surface area contributed by atoms with Crippen LogP contribution in [0.5, 0.6) is 0 Å². The molecular formula is C17H26N2O. The number of benzene rings is 1. The fourth-order valence-electron chi connectivity index (χ4n) is 3.10. The number of amides is 1. The molecule has 0 saturated heterocycles. The predicted octanol–water partition coefficient (Wildman–Crippen LogP) is 2.77. The maximum atomic E-state index is 12.3. The van der Waals surface area contributed by atoms with Gasteiger partial charge in [0.05, 0.1) is 0 Å². The van der Waals surface area contributed by atoms with E-state index in [4.69, 9.17) is 5.73 Å². The minimum atomic E-state index is 0.221. The minimum absolute atomic E-state index is 0.221. The van der Waals surface area contributed by atoms with Crippen molar-refractivity contribution >= 4 is 5.91 Å². The van der Waals surface area contributed by atoms with Crippen LogP contribution in [0.3, 0.4) is 0 Å². The summed E-state index contributed by atoms with van der Waals surface area (Å²) in [6.45, 7) is 2.94. The first-order chi connectivity index (χ1) is 9.58. The second kappa shape index (κ2) is 6.89. The Morgan fingerprint density at radius 1 is 1.35 bits per heavy atom. The van der Waals surface area contributed by atoms with Crippen LogP contribution in [0, 0.1) is 5.92 Å². The summed E-state index contributed by atoms with van der Waals surface area (Å²) in [4.78, 5) is 14.1. The number of carbonyl (C=O) groups excluding carboxylic acids is 1. The topological polar surface area (TPSA) is 46.3 Å². The van der Waals surface area contributed by atoms with Gasteiger partial charge in [-0.15, -0.1) is 0 Å². The highest BCUT2D eigenvalue weighted by atomic mass is 16.2. The number of carbonyl (C=O) groups is 1. The molecule has 1 fully saturated rings. The molecule has 3 atom stereocenters. The minimum Gasteiger partial charge on any atom is -0.345 e. The fourth-order valence-corrected chi connectivity index (χ4v) is 3.10. The third-order valence-corrected chi connectivity index (χ3v) is 4.50. The summed E-state index contributed by atoms with van der Waals surface area (Å²) >= 11 is 0. The van der Waals surface area contributed by atoms with Crippen LogP contribution in [0.15, 0.2) is 30.3 Å². The molecule has 0 radical (unpaired) electrons. The van der Waals surface area contributed by atoms with Crippen molar-refractivity contribution in [2.45, 2.75) is 44.6 Å². The Balaban J connectivity index is 1.84. The number of nitrogens with two attached hydrogens (primary N) is 1. The third kappa shape index (κ3) is 3.83. The average molecular weight is 274 g/mol. The molecule has 0 spiro atoms. The first-order valence-corrected chi connectivity index (χ1v) is 7.62. The van der Waals surface area contributed by atoms with E-state index in [0.717, 1.165) is 19.4 Å². The molecule has 1 aliphatic rings. The molecule has 2 rings (SSSR count). The van der Waals surface area contributed by atoms with Crippen LogP contribution >= 0.6 is 0 Å². The Morgan fingerprint density at radius 3 is 2.65 bits per heavy atom. The molecule has 3 heteroatoms. The van der Waals surface area contributed by atoms with E-state index in [9.17, 15) is 4.79 Å². The van der Waals surface area contributed by atoms with E-state index in [0.29, 0.717) is 18.3 Å². The van der Waals surface area contributed by atoms with E-state index in [2.05, 4.69) is 19.1 Å². The largest absolute Gasteiger partial charge is 0.345 e. The molecule has 20 heavy (non-hydrogen) atoms. The molecule has 1 amide bonds. The number of hydrogen-bond acceptors (Lipinski definition) is 2. The molecule has 0 heterocycles. The van der Waals surface area contributed by atoms with Gasteiger partial charge in [-0.2, -0.15) is 0 Å². The lowest BCUT2D eigenvalue weighted by molar-refractivity contribution is -0.131. The van der Waals surface area contributed by atoms with Gasteiger partial charge in [0.15, 0.2) is 0 Å². The second-order valence-corrected chi connectivity index (χ2v) is 6.14. The van der Waals surface area contributed by atoms with Gasteiger partial charge in [-0.05, 0) is 30.2 Å². The van der Waals surface area contributed by atoms with Gasteiger partial charge in [-0.25, -0.2) is 0 Å². The Morgan fingerprint density at radius 2 is 2.05 bits per heavy atom. The number of hydrogen-bond donors (Lipinski definition) is 1. The molecule has 1 aromatic rings. The molecule has 1 unspecified atom stereocenters. The Hall–Kier alpha value is -1.35. The van der Waals surface area contributed by atoms with Crippen molar-refractivity contribution in [3.8, 4) is 0 Å². The van der Waals surface area contributed by atoms with Crippen molar-refractivity contribution in [2.75, 3.05) is 13.6 Å². The summed E-state index contributed by atoms with van der Waals surface area (Å²) < 4.78 is 0. The van der Waals surface area contributed by atoms with Crippen LogP contribution < -0.4 is 5.73 Å². The van der Waals surface area contributed by atoms with Gasteiger partial charge >= 0.3 is 0 Å². The molecule has 0 bridgehead atoms. The summed E-state index contributed by atoms with van der Waals surface area (Å²) in [5.74, 6) is 0.981. The average Bonchev–Trinajstić information content (AvgIpc) is 2.85. The zero-order chi connectivity index (χ0) is 14.5. The first kappa shape index (κ1) is 15.0. The molecule has 110 valence electrons. The summed E-state index contributed by atoms with van der Waals surface area (Å²) in [5, 5.41) is 0. The zero-order valence-electron chi connectivity index (χ0n) is 12.6. The van der Waals surface area contributed by atoms with Crippen molar-refractivity contribution in [1.82, 2.24) is 4.90 Å². The number of rotatable bonds is 5. The lowest BCUT2D eigenvalue weighted by atomic mass is 9.98. The summed E-state index contributed by atoms with van der Waals surface area (Å²) in [5.41, 5.74) is 7.33. The Bertz CT molecular complexity index is 432. The van der Waals surface area contributed by atoms with Gasteiger partial charge in [0.25, 0.3) is 0 Å². The molecule has 2 N–H and O–H groups in total.